The van der Waals surface area contributed by atoms with E-state index in [9.17, 15) is 14.9 Å². The summed E-state index contributed by atoms with van der Waals surface area (Å²) in [6.07, 6.45) is 3.33. The van der Waals surface area contributed by atoms with E-state index in [1.165, 1.54) is 24.0 Å². The number of nitrogens with one attached hydrogen (secondary N) is 1. The van der Waals surface area contributed by atoms with Crippen LogP contribution in [0.4, 0.5) is 5.69 Å². The number of halogens is 1. The van der Waals surface area contributed by atoms with Crippen LogP contribution >= 0.6 is 23.4 Å². The van der Waals surface area contributed by atoms with Crippen LogP contribution in [-0.2, 0) is 11.2 Å². The van der Waals surface area contributed by atoms with E-state index in [2.05, 4.69) is 10.5 Å². The van der Waals surface area contributed by atoms with Crippen molar-refractivity contribution in [1.29, 1.82) is 0 Å². The molecule has 0 aliphatic carbocycles. The van der Waals surface area contributed by atoms with Gasteiger partial charge in [-0.05, 0) is 49.9 Å². The summed E-state index contributed by atoms with van der Waals surface area (Å²) in [4.78, 5) is 24.1. The fourth-order valence-corrected chi connectivity index (χ4v) is 3.44. The van der Waals surface area contributed by atoms with Gasteiger partial charge in [-0.1, -0.05) is 11.6 Å². The van der Waals surface area contributed by atoms with Crippen LogP contribution in [0, 0.1) is 10.1 Å². The summed E-state index contributed by atoms with van der Waals surface area (Å²) >= 11 is 7.53. The Kier molecular flexibility index (Phi) is 8.94. The van der Waals surface area contributed by atoms with Crippen LogP contribution in [-0.4, -0.2) is 36.5 Å². The Hall–Kier alpha value is -2.78. The molecule has 0 spiro atoms. The van der Waals surface area contributed by atoms with Crippen molar-refractivity contribution < 1.29 is 19.2 Å². The van der Waals surface area contributed by atoms with Crippen molar-refractivity contribution in [2.45, 2.75) is 25.2 Å². The number of thioether (sulfide) groups is 1. The van der Waals surface area contributed by atoms with Gasteiger partial charge in [-0.2, -0.15) is 5.10 Å². The summed E-state index contributed by atoms with van der Waals surface area (Å²) in [7, 11) is 0. The number of rotatable bonds is 10. The van der Waals surface area contributed by atoms with Gasteiger partial charge in [0.25, 0.3) is 0 Å². The number of hydrazone groups is 1. The quantitative estimate of drug-likeness (QED) is 0.247. The molecule has 0 heterocycles. The number of carbonyl (C=O) groups is 1. The first-order valence-corrected chi connectivity index (χ1v) is 10.7. The first-order chi connectivity index (χ1) is 14.4. The predicted molar refractivity (Wildman–Crippen MR) is 118 cm³/mol. The largest absolute Gasteiger partial charge is 0.490 e. The Morgan fingerprint density at radius 1 is 1.27 bits per heavy atom. The SMILES string of the molecule is CCOc1cc(/C=N\NC(=O)Cc2cc(Cl)ccc2SC)cc([N+](=O)[O-])c1OCC. The third-order valence-electron chi connectivity index (χ3n) is 3.84. The number of nitrogens with zero attached hydrogens (tertiary/aromatic N) is 2. The zero-order valence-corrected chi connectivity index (χ0v) is 18.4. The van der Waals surface area contributed by atoms with Gasteiger partial charge in [-0.25, -0.2) is 5.43 Å². The lowest BCUT2D eigenvalue weighted by Gasteiger charge is -2.11. The summed E-state index contributed by atoms with van der Waals surface area (Å²) in [5.41, 5.74) is 3.37. The summed E-state index contributed by atoms with van der Waals surface area (Å²) in [6.45, 7) is 4.06. The molecular weight excluding hydrogens is 430 g/mol. The van der Waals surface area contributed by atoms with E-state index in [1.807, 2.05) is 12.3 Å². The van der Waals surface area contributed by atoms with Crippen molar-refractivity contribution in [2.24, 2.45) is 5.10 Å². The molecule has 2 aromatic carbocycles. The second kappa shape index (κ2) is 11.4. The molecule has 0 atom stereocenters. The number of hydrogen-bond acceptors (Lipinski definition) is 7. The van der Waals surface area contributed by atoms with Crippen molar-refractivity contribution in [1.82, 2.24) is 5.43 Å². The van der Waals surface area contributed by atoms with Crippen molar-refractivity contribution in [3.63, 3.8) is 0 Å². The zero-order valence-electron chi connectivity index (χ0n) is 16.8. The van der Waals surface area contributed by atoms with Crippen molar-refractivity contribution in [2.75, 3.05) is 19.5 Å². The van der Waals surface area contributed by atoms with Gasteiger partial charge in [0, 0.05) is 21.5 Å². The molecule has 0 aromatic heterocycles. The van der Waals surface area contributed by atoms with E-state index in [0.29, 0.717) is 17.2 Å². The molecule has 0 radical (unpaired) electrons. The molecule has 1 N–H and O–H groups in total. The van der Waals surface area contributed by atoms with Gasteiger partial charge in [-0.3, -0.25) is 14.9 Å². The smallest absolute Gasteiger partial charge is 0.315 e. The maximum atomic E-state index is 12.2. The molecule has 0 bridgehead atoms. The highest BCUT2D eigenvalue weighted by Crippen LogP contribution is 2.38. The van der Waals surface area contributed by atoms with Crippen LogP contribution in [0.5, 0.6) is 11.5 Å². The molecule has 0 fully saturated rings. The highest BCUT2D eigenvalue weighted by atomic mass is 35.5. The van der Waals surface area contributed by atoms with Crippen LogP contribution in [0.15, 0.2) is 40.3 Å². The fourth-order valence-electron chi connectivity index (χ4n) is 2.65. The van der Waals surface area contributed by atoms with Crippen LogP contribution in [0.1, 0.15) is 25.0 Å². The Morgan fingerprint density at radius 3 is 2.63 bits per heavy atom. The first-order valence-electron chi connectivity index (χ1n) is 9.11. The topological polar surface area (TPSA) is 103 Å². The zero-order chi connectivity index (χ0) is 22.1. The minimum Gasteiger partial charge on any atom is -0.490 e. The highest BCUT2D eigenvalue weighted by Gasteiger charge is 2.22. The van der Waals surface area contributed by atoms with Gasteiger partial charge in [-0.15, -0.1) is 11.8 Å². The Bertz CT molecular complexity index is 952. The third kappa shape index (κ3) is 6.36. The van der Waals surface area contributed by atoms with Crippen molar-refractivity contribution >= 4 is 41.2 Å². The highest BCUT2D eigenvalue weighted by molar-refractivity contribution is 7.98. The second-order valence-electron chi connectivity index (χ2n) is 5.92. The summed E-state index contributed by atoms with van der Waals surface area (Å²) < 4.78 is 10.9. The van der Waals surface area contributed by atoms with Gasteiger partial charge in [0.05, 0.1) is 30.8 Å². The van der Waals surface area contributed by atoms with Crippen molar-refractivity contribution in [3.8, 4) is 11.5 Å². The average Bonchev–Trinajstić information content (AvgIpc) is 2.70. The summed E-state index contributed by atoms with van der Waals surface area (Å²) in [5, 5.41) is 15.9. The third-order valence-corrected chi connectivity index (χ3v) is 4.91. The lowest BCUT2D eigenvalue weighted by Crippen LogP contribution is -2.20. The molecule has 0 aliphatic heterocycles. The van der Waals surface area contributed by atoms with Gasteiger partial charge in [0.1, 0.15) is 0 Å². The molecule has 1 amide bonds. The molecule has 0 unspecified atom stereocenters. The Labute approximate surface area is 183 Å². The van der Waals surface area contributed by atoms with E-state index >= 15 is 0 Å². The Balaban J connectivity index is 2.18. The number of amides is 1. The first kappa shape index (κ1) is 23.5. The second-order valence-corrected chi connectivity index (χ2v) is 7.20. The van der Waals surface area contributed by atoms with E-state index < -0.39 is 4.92 Å². The molecule has 0 saturated heterocycles. The molecule has 0 saturated carbocycles. The van der Waals surface area contributed by atoms with E-state index in [0.717, 1.165) is 10.5 Å². The van der Waals surface area contributed by atoms with Crippen LogP contribution in [0.3, 0.4) is 0 Å². The number of nitro benzene ring substituents is 1. The Morgan fingerprint density at radius 2 is 2.00 bits per heavy atom. The van der Waals surface area contributed by atoms with E-state index in [4.69, 9.17) is 21.1 Å². The van der Waals surface area contributed by atoms with Crippen LogP contribution in [0.25, 0.3) is 0 Å². The van der Waals surface area contributed by atoms with Crippen LogP contribution in [0.2, 0.25) is 5.02 Å². The molecule has 30 heavy (non-hydrogen) atoms. The number of benzene rings is 2. The standard InChI is InChI=1S/C20H22ClN3O5S/c1-4-28-17-9-13(8-16(24(26)27)20(17)29-5-2)12-22-23-19(25)11-14-10-15(21)6-7-18(14)30-3/h6-10,12H,4-5,11H2,1-3H3,(H,23,25)/b22-12-. The molecule has 2 aromatic rings. The number of ether oxygens (including phenoxy) is 2. The van der Waals surface area contributed by atoms with Gasteiger partial charge in [0.15, 0.2) is 5.75 Å². The molecular formula is C20H22ClN3O5S. The van der Waals surface area contributed by atoms with E-state index in [1.54, 1.807) is 32.0 Å². The minimum absolute atomic E-state index is 0.0658. The van der Waals surface area contributed by atoms with E-state index in [-0.39, 0.29) is 36.1 Å². The number of hydrogen-bond donors (Lipinski definition) is 1. The maximum absolute atomic E-state index is 12.2. The lowest BCUT2D eigenvalue weighted by molar-refractivity contribution is -0.385. The maximum Gasteiger partial charge on any atom is 0.315 e. The van der Waals surface area contributed by atoms with Crippen molar-refractivity contribution in [3.05, 3.63) is 56.6 Å². The average molecular weight is 452 g/mol. The van der Waals surface area contributed by atoms with Gasteiger partial charge in [0.2, 0.25) is 11.7 Å². The summed E-state index contributed by atoms with van der Waals surface area (Å²) in [6, 6.07) is 8.24. The molecule has 2 rings (SSSR count). The molecule has 10 heteroatoms. The minimum atomic E-state index is -0.549. The normalized spacial score (nSPS) is 10.8. The molecule has 8 nitrogen and oxygen atoms in total. The van der Waals surface area contributed by atoms with Gasteiger partial charge < -0.3 is 9.47 Å². The van der Waals surface area contributed by atoms with Crippen LogP contribution < -0.4 is 14.9 Å². The monoisotopic (exact) mass is 451 g/mol. The molecule has 160 valence electrons. The predicted octanol–water partition coefficient (Wildman–Crippen LogP) is 4.46. The van der Waals surface area contributed by atoms with Gasteiger partial charge >= 0.3 is 5.69 Å². The number of carbonyl (C=O) groups excluding carboxylic acids is 1. The molecule has 0 aliphatic rings. The fraction of sp³-hybridized carbons (Fsp3) is 0.300. The lowest BCUT2D eigenvalue weighted by atomic mass is 10.1. The number of nitro groups is 1. The summed E-state index contributed by atoms with van der Waals surface area (Å²) in [5.74, 6) is -0.0322.